The number of ether oxygens (including phenoxy) is 1. The van der Waals surface area contributed by atoms with Crippen molar-refractivity contribution in [2.75, 3.05) is 39.0 Å². The van der Waals surface area contributed by atoms with E-state index in [1.54, 1.807) is 7.11 Å². The second kappa shape index (κ2) is 11.1. The largest absolute Gasteiger partial charge is 0.496 e. The van der Waals surface area contributed by atoms with E-state index >= 15 is 0 Å². The normalized spacial score (nSPS) is 15.3. The average molecular weight is 397 g/mol. The molecule has 8 heteroatoms. The Morgan fingerprint density at radius 1 is 1.26 bits per heavy atom. The summed E-state index contributed by atoms with van der Waals surface area (Å²) in [4.78, 5) is 4.38. The van der Waals surface area contributed by atoms with Gasteiger partial charge in [-0.25, -0.2) is 13.1 Å². The van der Waals surface area contributed by atoms with Crippen LogP contribution in [-0.2, 0) is 16.4 Å². The van der Waals surface area contributed by atoms with Crippen LogP contribution in [-0.4, -0.2) is 53.4 Å². The van der Waals surface area contributed by atoms with E-state index in [-0.39, 0.29) is 12.3 Å². The van der Waals surface area contributed by atoms with Crippen molar-refractivity contribution in [1.82, 2.24) is 15.4 Å². The van der Waals surface area contributed by atoms with Crippen molar-refractivity contribution in [3.8, 4) is 5.75 Å². The van der Waals surface area contributed by atoms with Gasteiger partial charge in [0.25, 0.3) is 0 Å². The van der Waals surface area contributed by atoms with E-state index in [9.17, 15) is 8.42 Å². The fourth-order valence-electron chi connectivity index (χ4n) is 2.86. The van der Waals surface area contributed by atoms with Crippen molar-refractivity contribution in [3.05, 3.63) is 29.8 Å². The summed E-state index contributed by atoms with van der Waals surface area (Å²) < 4.78 is 32.1. The summed E-state index contributed by atoms with van der Waals surface area (Å²) in [6.07, 6.45) is 4.25. The SMILES string of the molecule is CCNC(=NCCS(=O)(=O)NCC1CCC1)NCCc1ccccc1OC. The van der Waals surface area contributed by atoms with Crippen LogP contribution in [0.4, 0.5) is 0 Å². The molecule has 1 aromatic rings. The minimum absolute atomic E-state index is 0.00278. The molecule has 0 aromatic heterocycles. The van der Waals surface area contributed by atoms with Crippen LogP contribution >= 0.6 is 0 Å². The van der Waals surface area contributed by atoms with E-state index in [0.29, 0.717) is 31.5 Å². The summed E-state index contributed by atoms with van der Waals surface area (Å²) in [5, 5.41) is 6.39. The third-order valence-electron chi connectivity index (χ3n) is 4.67. The Morgan fingerprint density at radius 3 is 2.70 bits per heavy atom. The van der Waals surface area contributed by atoms with Crippen LogP contribution < -0.4 is 20.1 Å². The Kier molecular flexibility index (Phi) is 8.87. The molecule has 1 aromatic carbocycles. The highest BCUT2D eigenvalue weighted by atomic mass is 32.2. The zero-order chi connectivity index (χ0) is 19.5. The van der Waals surface area contributed by atoms with Crippen LogP contribution in [0.2, 0.25) is 0 Å². The van der Waals surface area contributed by atoms with Crippen molar-refractivity contribution in [1.29, 1.82) is 0 Å². The molecule has 0 radical (unpaired) electrons. The topological polar surface area (TPSA) is 91.8 Å². The van der Waals surface area contributed by atoms with Crippen molar-refractivity contribution in [2.45, 2.75) is 32.6 Å². The minimum Gasteiger partial charge on any atom is -0.496 e. The fraction of sp³-hybridized carbons (Fsp3) is 0.632. The number of sulfonamides is 1. The number of hydrogen-bond acceptors (Lipinski definition) is 4. The summed E-state index contributed by atoms with van der Waals surface area (Å²) in [7, 11) is -1.60. The predicted molar refractivity (Wildman–Crippen MR) is 110 cm³/mol. The molecule has 1 aliphatic carbocycles. The van der Waals surface area contributed by atoms with Gasteiger partial charge in [0.2, 0.25) is 10.0 Å². The third kappa shape index (κ3) is 7.76. The lowest BCUT2D eigenvalue weighted by Crippen LogP contribution is -2.39. The van der Waals surface area contributed by atoms with Gasteiger partial charge in [-0.3, -0.25) is 4.99 Å². The van der Waals surface area contributed by atoms with Crippen molar-refractivity contribution in [2.24, 2.45) is 10.9 Å². The van der Waals surface area contributed by atoms with E-state index < -0.39 is 10.0 Å². The highest BCUT2D eigenvalue weighted by Gasteiger charge is 2.19. The van der Waals surface area contributed by atoms with Gasteiger partial charge in [-0.2, -0.15) is 0 Å². The maximum Gasteiger partial charge on any atom is 0.213 e. The number of methoxy groups -OCH3 is 1. The first-order valence-electron chi connectivity index (χ1n) is 9.65. The van der Waals surface area contributed by atoms with E-state index in [0.717, 1.165) is 30.6 Å². The molecular formula is C19H32N4O3S. The molecule has 152 valence electrons. The van der Waals surface area contributed by atoms with Gasteiger partial charge >= 0.3 is 0 Å². The van der Waals surface area contributed by atoms with Gasteiger partial charge in [0.05, 0.1) is 19.4 Å². The fourth-order valence-corrected chi connectivity index (χ4v) is 3.82. The van der Waals surface area contributed by atoms with Crippen molar-refractivity contribution in [3.63, 3.8) is 0 Å². The maximum absolute atomic E-state index is 12.0. The van der Waals surface area contributed by atoms with E-state index in [2.05, 4.69) is 20.3 Å². The molecule has 0 heterocycles. The molecule has 0 unspecified atom stereocenters. The van der Waals surface area contributed by atoms with Gasteiger partial charge < -0.3 is 15.4 Å². The molecular weight excluding hydrogens is 364 g/mol. The molecule has 1 aliphatic rings. The Morgan fingerprint density at radius 2 is 2.04 bits per heavy atom. The van der Waals surface area contributed by atoms with Gasteiger partial charge in [0, 0.05) is 19.6 Å². The molecule has 0 saturated heterocycles. The first kappa shape index (κ1) is 21.5. The maximum atomic E-state index is 12.0. The molecule has 2 rings (SSSR count). The first-order valence-corrected chi connectivity index (χ1v) is 11.3. The Labute approximate surface area is 163 Å². The molecule has 0 atom stereocenters. The lowest BCUT2D eigenvalue weighted by atomic mass is 9.86. The Bertz CT molecular complexity index is 703. The van der Waals surface area contributed by atoms with Gasteiger partial charge in [-0.05, 0) is 43.7 Å². The summed E-state index contributed by atoms with van der Waals surface area (Å²) in [5.74, 6) is 2.01. The molecule has 27 heavy (non-hydrogen) atoms. The van der Waals surface area contributed by atoms with Gasteiger partial charge in [0.15, 0.2) is 5.96 Å². The van der Waals surface area contributed by atoms with Crippen molar-refractivity contribution < 1.29 is 13.2 Å². The Hall–Kier alpha value is -1.80. The highest BCUT2D eigenvalue weighted by Crippen LogP contribution is 2.25. The number of nitrogens with zero attached hydrogens (tertiary/aromatic N) is 1. The van der Waals surface area contributed by atoms with Crippen molar-refractivity contribution >= 4 is 16.0 Å². The number of hydrogen-bond donors (Lipinski definition) is 3. The smallest absolute Gasteiger partial charge is 0.213 e. The monoisotopic (exact) mass is 396 g/mol. The standard InChI is InChI=1S/C19H32N4O3S/c1-3-20-19(21-12-11-17-9-4-5-10-18(17)26-2)22-13-14-27(24,25)23-15-16-7-6-8-16/h4-5,9-10,16,23H,3,6-8,11-15H2,1-2H3,(H2,20,21,22). The predicted octanol–water partition coefficient (Wildman–Crippen LogP) is 1.51. The number of aliphatic imine (C=N–C) groups is 1. The van der Waals surface area contributed by atoms with E-state index in [1.807, 2.05) is 31.2 Å². The van der Waals surface area contributed by atoms with Gasteiger partial charge in [-0.1, -0.05) is 24.6 Å². The van der Waals surface area contributed by atoms with Crippen LogP contribution in [0.15, 0.2) is 29.3 Å². The summed E-state index contributed by atoms with van der Waals surface area (Å²) in [6, 6.07) is 7.90. The lowest BCUT2D eigenvalue weighted by Gasteiger charge is -2.25. The summed E-state index contributed by atoms with van der Waals surface area (Å²) in [6.45, 7) is 4.16. The molecule has 0 bridgehead atoms. The minimum atomic E-state index is -3.27. The molecule has 0 aliphatic heterocycles. The second-order valence-corrected chi connectivity index (χ2v) is 8.64. The van der Waals surface area contributed by atoms with Gasteiger partial charge in [0.1, 0.15) is 5.75 Å². The quantitative estimate of drug-likeness (QED) is 0.390. The molecule has 3 N–H and O–H groups in total. The highest BCUT2D eigenvalue weighted by molar-refractivity contribution is 7.89. The zero-order valence-electron chi connectivity index (χ0n) is 16.3. The number of para-hydroxylation sites is 1. The number of guanidine groups is 1. The zero-order valence-corrected chi connectivity index (χ0v) is 17.1. The summed E-state index contributed by atoms with van der Waals surface area (Å²) >= 11 is 0. The van der Waals surface area contributed by atoms with Crippen LogP contribution in [0.1, 0.15) is 31.7 Å². The van der Waals surface area contributed by atoms with Crippen LogP contribution in [0, 0.1) is 5.92 Å². The van der Waals surface area contributed by atoms with Gasteiger partial charge in [-0.15, -0.1) is 0 Å². The third-order valence-corrected chi connectivity index (χ3v) is 6.00. The average Bonchev–Trinajstić information content (AvgIpc) is 2.60. The van der Waals surface area contributed by atoms with Crippen LogP contribution in [0.5, 0.6) is 5.75 Å². The molecule has 1 saturated carbocycles. The second-order valence-electron chi connectivity index (χ2n) is 6.71. The van der Waals surface area contributed by atoms with E-state index in [4.69, 9.17) is 4.74 Å². The molecule has 0 amide bonds. The summed E-state index contributed by atoms with van der Waals surface area (Å²) in [5.41, 5.74) is 1.12. The van der Waals surface area contributed by atoms with Crippen LogP contribution in [0.3, 0.4) is 0 Å². The van der Waals surface area contributed by atoms with Crippen LogP contribution in [0.25, 0.3) is 0 Å². The van der Waals surface area contributed by atoms with E-state index in [1.165, 1.54) is 6.42 Å². The Balaban J connectivity index is 1.77. The molecule has 0 spiro atoms. The first-order chi connectivity index (χ1) is 13.0. The molecule has 1 fully saturated rings. The lowest BCUT2D eigenvalue weighted by molar-refractivity contribution is 0.316. The molecule has 7 nitrogen and oxygen atoms in total. The number of nitrogens with one attached hydrogen (secondary N) is 3. The number of rotatable bonds is 11. The number of benzene rings is 1.